The van der Waals surface area contributed by atoms with E-state index in [-0.39, 0.29) is 0 Å². The molecule has 2 heterocycles. The van der Waals surface area contributed by atoms with Crippen molar-refractivity contribution in [3.63, 3.8) is 0 Å². The molecule has 1 amide bonds. The molecule has 0 aliphatic rings. The quantitative estimate of drug-likeness (QED) is 0.583. The first-order chi connectivity index (χ1) is 13.4. The predicted octanol–water partition coefficient (Wildman–Crippen LogP) is 4.14. The highest BCUT2D eigenvalue weighted by atomic mass is 16.5. The van der Waals surface area contributed by atoms with E-state index in [1.165, 1.54) is 0 Å². The molecular weight excluding hydrogens is 352 g/mol. The van der Waals surface area contributed by atoms with E-state index in [1.54, 1.807) is 12.3 Å². The van der Waals surface area contributed by atoms with Crippen LogP contribution in [0.3, 0.4) is 0 Å². The Labute approximate surface area is 162 Å². The largest absolute Gasteiger partial charge is 0.439 e. The van der Waals surface area contributed by atoms with Crippen LogP contribution in [0.5, 0.6) is 11.6 Å². The van der Waals surface area contributed by atoms with Crippen molar-refractivity contribution < 1.29 is 9.53 Å². The van der Waals surface area contributed by atoms with E-state index in [0.717, 1.165) is 33.3 Å². The van der Waals surface area contributed by atoms with E-state index < -0.39 is 5.91 Å². The number of carbonyl (C=O) groups is 1. The maximum Gasteiger partial charge on any atom is 0.248 e. The summed E-state index contributed by atoms with van der Waals surface area (Å²) in [6.45, 7) is 3.84. The summed E-state index contributed by atoms with van der Waals surface area (Å²) in [5.74, 6) is 0.771. The predicted molar refractivity (Wildman–Crippen MR) is 108 cm³/mol. The highest BCUT2D eigenvalue weighted by molar-refractivity contribution is 5.95. The zero-order valence-electron chi connectivity index (χ0n) is 15.9. The number of primary amides is 1. The lowest BCUT2D eigenvalue weighted by molar-refractivity contribution is 0.0999. The van der Waals surface area contributed by atoms with Gasteiger partial charge in [0, 0.05) is 30.3 Å². The summed E-state index contributed by atoms with van der Waals surface area (Å²) in [6, 6.07) is 15.2. The van der Waals surface area contributed by atoms with Crippen molar-refractivity contribution in [3.05, 3.63) is 71.5 Å². The average Bonchev–Trinajstić information content (AvgIpc) is 2.95. The fourth-order valence-corrected chi connectivity index (χ4v) is 3.37. The van der Waals surface area contributed by atoms with Crippen LogP contribution in [0.25, 0.3) is 22.0 Å². The number of hydrogen-bond acceptors (Lipinski definition) is 4. The minimum absolute atomic E-state index is 0.427. The number of aryl methyl sites for hydroxylation is 3. The summed E-state index contributed by atoms with van der Waals surface area (Å²) in [5.41, 5.74) is 10.7. The summed E-state index contributed by atoms with van der Waals surface area (Å²) in [5, 5.41) is 5.48. The number of hydrogen-bond donors (Lipinski definition) is 1. The van der Waals surface area contributed by atoms with Gasteiger partial charge in [0.2, 0.25) is 11.8 Å². The highest BCUT2D eigenvalue weighted by Crippen LogP contribution is 2.29. The highest BCUT2D eigenvalue weighted by Gasteiger charge is 2.10. The summed E-state index contributed by atoms with van der Waals surface area (Å²) in [7, 11) is 1.92. The maximum absolute atomic E-state index is 11.4. The minimum atomic E-state index is -0.427. The van der Waals surface area contributed by atoms with Crippen LogP contribution < -0.4 is 10.5 Å². The SMILES string of the molecule is Cc1cc(-c2ccnc(Oc3ccc4c(c3)c(C)nn4C)c2)ccc1C(N)=O. The fraction of sp³-hybridized carbons (Fsp3) is 0.136. The van der Waals surface area contributed by atoms with Crippen LogP contribution in [0.15, 0.2) is 54.7 Å². The molecule has 28 heavy (non-hydrogen) atoms. The number of ether oxygens (including phenoxy) is 1. The van der Waals surface area contributed by atoms with E-state index in [4.69, 9.17) is 10.5 Å². The molecule has 0 fully saturated rings. The van der Waals surface area contributed by atoms with Crippen LogP contribution in [0.2, 0.25) is 0 Å². The van der Waals surface area contributed by atoms with E-state index in [0.29, 0.717) is 17.2 Å². The Bertz CT molecular complexity index is 1210. The van der Waals surface area contributed by atoms with Gasteiger partial charge in [0.15, 0.2) is 0 Å². The molecule has 0 aliphatic carbocycles. The van der Waals surface area contributed by atoms with E-state index >= 15 is 0 Å². The summed E-state index contributed by atoms with van der Waals surface area (Å²) >= 11 is 0. The molecule has 2 N–H and O–H groups in total. The molecule has 6 nitrogen and oxygen atoms in total. The van der Waals surface area contributed by atoms with E-state index in [9.17, 15) is 4.79 Å². The van der Waals surface area contributed by atoms with Gasteiger partial charge in [-0.3, -0.25) is 9.48 Å². The Morgan fingerprint density at radius 3 is 2.57 bits per heavy atom. The molecule has 0 unspecified atom stereocenters. The second kappa shape index (κ2) is 6.81. The Morgan fingerprint density at radius 1 is 1.04 bits per heavy atom. The molecule has 6 heteroatoms. The third-order valence-electron chi connectivity index (χ3n) is 4.79. The van der Waals surface area contributed by atoms with Crippen molar-refractivity contribution in [2.45, 2.75) is 13.8 Å². The number of pyridine rings is 1. The van der Waals surface area contributed by atoms with Crippen LogP contribution >= 0.6 is 0 Å². The smallest absolute Gasteiger partial charge is 0.248 e. The Hall–Kier alpha value is -3.67. The van der Waals surface area contributed by atoms with Gasteiger partial charge in [-0.2, -0.15) is 5.10 Å². The van der Waals surface area contributed by atoms with Crippen LogP contribution in [-0.4, -0.2) is 20.7 Å². The molecule has 0 saturated carbocycles. The molecule has 2 aromatic heterocycles. The number of amides is 1. The first-order valence-electron chi connectivity index (χ1n) is 8.90. The van der Waals surface area contributed by atoms with Crippen molar-refractivity contribution in [1.82, 2.24) is 14.8 Å². The molecule has 0 bridgehead atoms. The van der Waals surface area contributed by atoms with Crippen LogP contribution in [0, 0.1) is 13.8 Å². The molecular formula is C22H20N4O2. The topological polar surface area (TPSA) is 83.0 Å². The molecule has 0 atom stereocenters. The Morgan fingerprint density at radius 2 is 1.82 bits per heavy atom. The van der Waals surface area contributed by atoms with Crippen molar-refractivity contribution >= 4 is 16.8 Å². The molecule has 4 rings (SSSR count). The number of nitrogens with two attached hydrogens (primary N) is 1. The number of aromatic nitrogens is 3. The second-order valence-corrected chi connectivity index (χ2v) is 6.77. The third kappa shape index (κ3) is 3.20. The Kier molecular flexibility index (Phi) is 4.31. The standard InChI is InChI=1S/C22H20N4O2/c1-13-10-15(4-6-18(13)22(23)27)16-8-9-24-21(11-16)28-17-5-7-20-19(12-17)14(2)25-26(20)3/h4-12H,1-3H3,(H2,23,27). The number of fused-ring (bicyclic) bond motifs is 1. The second-order valence-electron chi connectivity index (χ2n) is 6.77. The first kappa shape index (κ1) is 17.7. The zero-order valence-corrected chi connectivity index (χ0v) is 15.9. The zero-order chi connectivity index (χ0) is 19.8. The molecule has 0 radical (unpaired) electrons. The van der Waals surface area contributed by atoms with Gasteiger partial charge in [-0.15, -0.1) is 0 Å². The van der Waals surface area contributed by atoms with Crippen molar-refractivity contribution in [1.29, 1.82) is 0 Å². The van der Waals surface area contributed by atoms with Gasteiger partial charge >= 0.3 is 0 Å². The Balaban J connectivity index is 1.65. The summed E-state index contributed by atoms with van der Waals surface area (Å²) < 4.78 is 7.84. The van der Waals surface area contributed by atoms with Gasteiger partial charge in [0.05, 0.1) is 11.2 Å². The molecule has 0 spiro atoms. The fourth-order valence-electron chi connectivity index (χ4n) is 3.37. The normalized spacial score (nSPS) is 11.0. The van der Waals surface area contributed by atoms with Crippen LogP contribution in [0.1, 0.15) is 21.6 Å². The van der Waals surface area contributed by atoms with Gasteiger partial charge in [-0.25, -0.2) is 4.98 Å². The number of benzene rings is 2. The first-order valence-corrected chi connectivity index (χ1v) is 8.90. The molecule has 2 aromatic carbocycles. The lowest BCUT2D eigenvalue weighted by atomic mass is 10.0. The lowest BCUT2D eigenvalue weighted by Crippen LogP contribution is -2.12. The van der Waals surface area contributed by atoms with Gasteiger partial charge in [0.1, 0.15) is 5.75 Å². The van der Waals surface area contributed by atoms with E-state index in [2.05, 4.69) is 10.1 Å². The average molecular weight is 372 g/mol. The monoisotopic (exact) mass is 372 g/mol. The van der Waals surface area contributed by atoms with Gasteiger partial charge < -0.3 is 10.5 Å². The number of carbonyl (C=O) groups excluding carboxylic acids is 1. The number of rotatable bonds is 4. The van der Waals surface area contributed by atoms with Crippen molar-refractivity contribution in [2.24, 2.45) is 12.8 Å². The maximum atomic E-state index is 11.4. The molecule has 4 aromatic rings. The summed E-state index contributed by atoms with van der Waals surface area (Å²) in [6.07, 6.45) is 1.70. The van der Waals surface area contributed by atoms with Crippen LogP contribution in [0.4, 0.5) is 0 Å². The lowest BCUT2D eigenvalue weighted by Gasteiger charge is -2.09. The van der Waals surface area contributed by atoms with Crippen molar-refractivity contribution in [2.75, 3.05) is 0 Å². The number of nitrogens with zero attached hydrogens (tertiary/aromatic N) is 3. The molecule has 0 saturated heterocycles. The van der Waals surface area contributed by atoms with Crippen LogP contribution in [-0.2, 0) is 7.05 Å². The molecule has 0 aliphatic heterocycles. The third-order valence-corrected chi connectivity index (χ3v) is 4.79. The summed E-state index contributed by atoms with van der Waals surface area (Å²) in [4.78, 5) is 15.8. The van der Waals surface area contributed by atoms with E-state index in [1.807, 2.05) is 68.0 Å². The van der Waals surface area contributed by atoms with Crippen molar-refractivity contribution in [3.8, 4) is 22.8 Å². The van der Waals surface area contributed by atoms with Gasteiger partial charge in [-0.1, -0.05) is 12.1 Å². The van der Waals surface area contributed by atoms with Gasteiger partial charge in [0.25, 0.3) is 0 Å². The van der Waals surface area contributed by atoms with Gasteiger partial charge in [-0.05, 0) is 60.9 Å². The minimum Gasteiger partial charge on any atom is -0.439 e. The molecule has 140 valence electrons.